The fraction of sp³-hybridized carbons (Fsp3) is 0.696. The van der Waals surface area contributed by atoms with E-state index in [2.05, 4.69) is 16.3 Å². The first-order chi connectivity index (χ1) is 14.3. The van der Waals surface area contributed by atoms with Crippen molar-refractivity contribution in [3.63, 3.8) is 0 Å². The van der Waals surface area contributed by atoms with Gasteiger partial charge in [0.15, 0.2) is 0 Å². The van der Waals surface area contributed by atoms with Crippen LogP contribution in [0.15, 0.2) is 29.2 Å². The third-order valence-electron chi connectivity index (χ3n) is 6.62. The predicted octanol–water partition coefficient (Wildman–Crippen LogP) is 3.72. The summed E-state index contributed by atoms with van der Waals surface area (Å²) >= 11 is 1.75. The zero-order chi connectivity index (χ0) is 19.9. The largest absolute Gasteiger partial charge is 0.379 e. The number of hydrogen-bond donors (Lipinski definition) is 1. The Bertz CT molecular complexity index is 666. The van der Waals surface area contributed by atoms with E-state index in [0.717, 1.165) is 68.5 Å². The molecule has 2 heterocycles. The number of thioether (sulfide) groups is 1. The molecule has 4 rings (SSSR count). The summed E-state index contributed by atoms with van der Waals surface area (Å²) in [6, 6.07) is 8.00. The first-order valence-electron chi connectivity index (χ1n) is 11.2. The molecule has 1 aromatic carbocycles. The van der Waals surface area contributed by atoms with Crippen molar-refractivity contribution in [2.24, 2.45) is 0 Å². The van der Waals surface area contributed by atoms with Gasteiger partial charge in [-0.3, -0.25) is 9.69 Å². The number of morpholine rings is 1. The minimum atomic E-state index is 0.0543. The summed E-state index contributed by atoms with van der Waals surface area (Å²) in [6.07, 6.45) is 8.75. The number of amides is 1. The number of carbonyl (C=O) groups excluding carboxylic acids is 1. The van der Waals surface area contributed by atoms with Crippen LogP contribution in [0.2, 0.25) is 0 Å². The number of carbonyl (C=O) groups is 1. The zero-order valence-electron chi connectivity index (χ0n) is 17.4. The van der Waals surface area contributed by atoms with Crippen LogP contribution in [0.1, 0.15) is 55.3 Å². The molecule has 0 radical (unpaired) electrons. The maximum atomic E-state index is 13.1. The average molecular weight is 419 g/mol. The lowest BCUT2D eigenvalue weighted by molar-refractivity contribution is -0.0361. The van der Waals surface area contributed by atoms with Crippen LogP contribution in [0.25, 0.3) is 0 Å². The average Bonchev–Trinajstić information content (AvgIpc) is 3.31. The number of hydrogen-bond acceptors (Lipinski definition) is 5. The van der Waals surface area contributed by atoms with Gasteiger partial charge in [0.25, 0.3) is 5.91 Å². The highest BCUT2D eigenvalue weighted by Crippen LogP contribution is 2.34. The minimum absolute atomic E-state index is 0.0543. The second kappa shape index (κ2) is 10.3. The Balaban J connectivity index is 1.40. The molecule has 1 amide bonds. The van der Waals surface area contributed by atoms with Crippen molar-refractivity contribution in [3.05, 3.63) is 29.8 Å². The van der Waals surface area contributed by atoms with E-state index < -0.39 is 0 Å². The van der Waals surface area contributed by atoms with Crippen LogP contribution < -0.4 is 5.32 Å². The van der Waals surface area contributed by atoms with Gasteiger partial charge in [-0.1, -0.05) is 31.4 Å². The van der Waals surface area contributed by atoms with Crippen LogP contribution in [0, 0.1) is 0 Å². The molecule has 6 heteroatoms. The van der Waals surface area contributed by atoms with E-state index in [1.807, 2.05) is 18.2 Å². The van der Waals surface area contributed by atoms with E-state index in [-0.39, 0.29) is 11.4 Å². The summed E-state index contributed by atoms with van der Waals surface area (Å²) in [7, 11) is 0. The van der Waals surface area contributed by atoms with Gasteiger partial charge in [-0.25, -0.2) is 0 Å². The van der Waals surface area contributed by atoms with Crippen molar-refractivity contribution in [1.29, 1.82) is 0 Å². The van der Waals surface area contributed by atoms with E-state index in [1.165, 1.54) is 32.1 Å². The number of rotatable bonds is 7. The van der Waals surface area contributed by atoms with Crippen molar-refractivity contribution in [3.8, 4) is 0 Å². The first-order valence-corrected chi connectivity index (χ1v) is 12.2. The number of nitrogens with one attached hydrogen (secondary N) is 1. The van der Waals surface area contributed by atoms with Crippen LogP contribution >= 0.6 is 11.8 Å². The highest BCUT2D eigenvalue weighted by molar-refractivity contribution is 7.99. The second-order valence-corrected chi connectivity index (χ2v) is 9.57. The number of nitrogens with zero attached hydrogens (tertiary/aromatic N) is 1. The van der Waals surface area contributed by atoms with Gasteiger partial charge in [-0.2, -0.15) is 0 Å². The molecule has 0 aromatic heterocycles. The van der Waals surface area contributed by atoms with Crippen LogP contribution in [0.4, 0.5) is 0 Å². The summed E-state index contributed by atoms with van der Waals surface area (Å²) in [5, 5.41) is 3.31. The maximum Gasteiger partial charge on any atom is 0.252 e. The standard InChI is InChI=1S/C23H34N2O3S/c26-22(20-8-2-3-9-21(20)29-17-19-7-6-14-28-19)24-18-23(10-4-1-5-11-23)25-12-15-27-16-13-25/h2-3,8-9,19H,1,4-7,10-18H2,(H,24,26)/t19-/m0/s1. The Hall–Kier alpha value is -1.08. The summed E-state index contributed by atoms with van der Waals surface area (Å²) in [5.41, 5.74) is 0.890. The smallest absolute Gasteiger partial charge is 0.252 e. The molecule has 160 valence electrons. The lowest BCUT2D eigenvalue weighted by Crippen LogP contribution is -2.59. The van der Waals surface area contributed by atoms with Gasteiger partial charge in [0.2, 0.25) is 0 Å². The molecule has 1 atom stereocenters. The Labute approximate surface area is 178 Å². The lowest BCUT2D eigenvalue weighted by atomic mass is 9.79. The van der Waals surface area contributed by atoms with Crippen LogP contribution in [0.5, 0.6) is 0 Å². The van der Waals surface area contributed by atoms with Crippen molar-refractivity contribution >= 4 is 17.7 Å². The third kappa shape index (κ3) is 5.35. The van der Waals surface area contributed by atoms with Crippen molar-refractivity contribution in [2.75, 3.05) is 45.2 Å². The molecule has 1 saturated carbocycles. The molecule has 1 aliphatic carbocycles. The fourth-order valence-corrected chi connectivity index (χ4v) is 6.05. The van der Waals surface area contributed by atoms with Crippen molar-refractivity contribution < 1.29 is 14.3 Å². The zero-order valence-corrected chi connectivity index (χ0v) is 18.2. The first kappa shape index (κ1) is 21.2. The van der Waals surface area contributed by atoms with Gasteiger partial charge in [0, 0.05) is 42.4 Å². The molecule has 3 aliphatic rings. The quantitative estimate of drug-likeness (QED) is 0.684. The summed E-state index contributed by atoms with van der Waals surface area (Å²) < 4.78 is 11.3. The summed E-state index contributed by atoms with van der Waals surface area (Å²) in [5.74, 6) is 0.973. The van der Waals surface area contributed by atoms with Crippen molar-refractivity contribution in [1.82, 2.24) is 10.2 Å². The summed E-state index contributed by atoms with van der Waals surface area (Å²) in [6.45, 7) is 5.16. The maximum absolute atomic E-state index is 13.1. The fourth-order valence-electron chi connectivity index (χ4n) is 4.93. The molecule has 2 aliphatic heterocycles. The van der Waals surface area contributed by atoms with Gasteiger partial charge in [0.05, 0.1) is 24.9 Å². The number of ether oxygens (including phenoxy) is 2. The van der Waals surface area contributed by atoms with E-state index in [0.29, 0.717) is 6.10 Å². The Kier molecular flexibility index (Phi) is 7.51. The molecule has 0 spiro atoms. The highest BCUT2D eigenvalue weighted by Gasteiger charge is 2.39. The normalized spacial score (nSPS) is 25.0. The molecular weight excluding hydrogens is 384 g/mol. The minimum Gasteiger partial charge on any atom is -0.379 e. The predicted molar refractivity (Wildman–Crippen MR) is 117 cm³/mol. The Morgan fingerprint density at radius 1 is 1.10 bits per heavy atom. The van der Waals surface area contributed by atoms with Crippen LogP contribution in [-0.4, -0.2) is 67.7 Å². The third-order valence-corrected chi connectivity index (χ3v) is 7.83. The van der Waals surface area contributed by atoms with Gasteiger partial charge in [-0.05, 0) is 37.8 Å². The lowest BCUT2D eigenvalue weighted by Gasteiger charge is -2.48. The van der Waals surface area contributed by atoms with E-state index in [1.54, 1.807) is 11.8 Å². The Morgan fingerprint density at radius 2 is 1.90 bits per heavy atom. The molecule has 1 N–H and O–H groups in total. The SMILES string of the molecule is O=C(NCC1(N2CCOCC2)CCCCC1)c1ccccc1SC[C@@H]1CCCO1. The van der Waals surface area contributed by atoms with Gasteiger partial charge in [-0.15, -0.1) is 11.8 Å². The van der Waals surface area contributed by atoms with Crippen LogP contribution in [0.3, 0.4) is 0 Å². The molecule has 1 aromatic rings. The van der Waals surface area contributed by atoms with Crippen molar-refractivity contribution in [2.45, 2.75) is 61.5 Å². The molecule has 0 unspecified atom stereocenters. The highest BCUT2D eigenvalue weighted by atomic mass is 32.2. The topological polar surface area (TPSA) is 50.8 Å². The molecular formula is C23H34N2O3S. The molecule has 29 heavy (non-hydrogen) atoms. The number of benzene rings is 1. The molecule has 0 bridgehead atoms. The molecule has 5 nitrogen and oxygen atoms in total. The summed E-state index contributed by atoms with van der Waals surface area (Å²) in [4.78, 5) is 16.8. The van der Waals surface area contributed by atoms with E-state index >= 15 is 0 Å². The monoisotopic (exact) mass is 418 g/mol. The van der Waals surface area contributed by atoms with E-state index in [9.17, 15) is 4.79 Å². The molecule has 3 fully saturated rings. The van der Waals surface area contributed by atoms with Gasteiger partial charge < -0.3 is 14.8 Å². The van der Waals surface area contributed by atoms with E-state index in [4.69, 9.17) is 9.47 Å². The Morgan fingerprint density at radius 3 is 2.66 bits per heavy atom. The second-order valence-electron chi connectivity index (χ2n) is 8.51. The molecule has 2 saturated heterocycles. The van der Waals surface area contributed by atoms with Gasteiger partial charge >= 0.3 is 0 Å². The van der Waals surface area contributed by atoms with Crippen LogP contribution in [-0.2, 0) is 9.47 Å². The van der Waals surface area contributed by atoms with Gasteiger partial charge in [0.1, 0.15) is 0 Å².